The third-order valence-corrected chi connectivity index (χ3v) is 7.40. The molecule has 1 atom stereocenters. The standard InChI is InChI=1S/C20H19ClN4O2S2/c1-11-8-23-20-25(19(11)27)13(10-28-20)7-17(26)22-9-16-12(2)24-18(29-16)14-5-3-4-6-15(14)21/h3-6,8,13H,7,9-10H2,1-2H3,(H,22,26)/t13-/m1/s1. The number of fused-ring (bicyclic) bond motifs is 1. The number of amides is 1. The van der Waals surface area contributed by atoms with Crippen LogP contribution in [0.1, 0.15) is 28.6 Å². The van der Waals surface area contributed by atoms with Crippen molar-refractivity contribution in [1.29, 1.82) is 0 Å². The summed E-state index contributed by atoms with van der Waals surface area (Å²) in [7, 11) is 0. The zero-order valence-corrected chi connectivity index (χ0v) is 18.3. The van der Waals surface area contributed by atoms with Crippen LogP contribution in [0.15, 0.2) is 40.4 Å². The molecular formula is C20H19ClN4O2S2. The van der Waals surface area contributed by atoms with E-state index in [4.69, 9.17) is 11.6 Å². The number of nitrogens with one attached hydrogen (secondary N) is 1. The van der Waals surface area contributed by atoms with Crippen molar-refractivity contribution in [3.63, 3.8) is 0 Å². The maximum absolute atomic E-state index is 12.5. The Morgan fingerprint density at radius 2 is 2.14 bits per heavy atom. The van der Waals surface area contributed by atoms with Crippen molar-refractivity contribution in [1.82, 2.24) is 19.9 Å². The van der Waals surface area contributed by atoms with Crippen molar-refractivity contribution in [3.8, 4) is 10.6 Å². The van der Waals surface area contributed by atoms with E-state index in [0.717, 1.165) is 21.1 Å². The molecule has 1 N–H and O–H groups in total. The van der Waals surface area contributed by atoms with Crippen molar-refractivity contribution >= 4 is 40.6 Å². The Balaban J connectivity index is 1.43. The normalized spacial score (nSPS) is 15.3. The molecule has 6 nitrogen and oxygen atoms in total. The summed E-state index contributed by atoms with van der Waals surface area (Å²) >= 11 is 9.31. The van der Waals surface area contributed by atoms with Crippen LogP contribution >= 0.6 is 34.7 Å². The number of hydrogen-bond donors (Lipinski definition) is 1. The number of aromatic nitrogens is 3. The molecule has 9 heteroatoms. The predicted octanol–water partition coefficient (Wildman–Crippen LogP) is 3.99. The molecule has 0 radical (unpaired) electrons. The Morgan fingerprint density at radius 1 is 1.34 bits per heavy atom. The number of thioether (sulfide) groups is 1. The first-order valence-electron chi connectivity index (χ1n) is 9.13. The van der Waals surface area contributed by atoms with Gasteiger partial charge in [0, 0.05) is 34.4 Å². The van der Waals surface area contributed by atoms with Gasteiger partial charge in [-0.3, -0.25) is 14.2 Å². The molecule has 0 saturated carbocycles. The summed E-state index contributed by atoms with van der Waals surface area (Å²) in [6.45, 7) is 4.07. The molecular weight excluding hydrogens is 428 g/mol. The quantitative estimate of drug-likeness (QED) is 0.599. The highest BCUT2D eigenvalue weighted by Crippen LogP contribution is 2.33. The number of carbonyl (C=O) groups excluding carboxylic acids is 1. The molecule has 3 heterocycles. The molecule has 0 aliphatic carbocycles. The first kappa shape index (κ1) is 20.1. The lowest BCUT2D eigenvalue weighted by Gasteiger charge is -2.13. The van der Waals surface area contributed by atoms with Crippen LogP contribution in [-0.2, 0) is 11.3 Å². The van der Waals surface area contributed by atoms with Gasteiger partial charge in [0.25, 0.3) is 5.56 Å². The predicted molar refractivity (Wildman–Crippen MR) is 117 cm³/mol. The van der Waals surface area contributed by atoms with Crippen molar-refractivity contribution < 1.29 is 4.79 Å². The average Bonchev–Trinajstić information content (AvgIpc) is 3.27. The maximum Gasteiger partial charge on any atom is 0.257 e. The van der Waals surface area contributed by atoms with Gasteiger partial charge in [0.15, 0.2) is 5.16 Å². The molecule has 3 aromatic rings. The van der Waals surface area contributed by atoms with Crippen molar-refractivity contribution in [2.75, 3.05) is 5.75 Å². The van der Waals surface area contributed by atoms with Gasteiger partial charge >= 0.3 is 0 Å². The van der Waals surface area contributed by atoms with Gasteiger partial charge in [-0.05, 0) is 19.9 Å². The number of hydrogen-bond acceptors (Lipinski definition) is 6. The van der Waals surface area contributed by atoms with Crippen molar-refractivity contribution in [2.24, 2.45) is 0 Å². The molecule has 0 unspecified atom stereocenters. The summed E-state index contributed by atoms with van der Waals surface area (Å²) in [5.41, 5.74) is 2.29. The molecule has 150 valence electrons. The Hall–Kier alpha value is -2.16. The highest BCUT2D eigenvalue weighted by Gasteiger charge is 2.27. The molecule has 2 aromatic heterocycles. The minimum absolute atomic E-state index is 0.0690. The van der Waals surface area contributed by atoms with Gasteiger partial charge in [-0.2, -0.15) is 0 Å². The third kappa shape index (κ3) is 4.10. The highest BCUT2D eigenvalue weighted by molar-refractivity contribution is 7.99. The van der Waals surface area contributed by atoms with Crippen LogP contribution in [0.5, 0.6) is 0 Å². The molecule has 1 aliphatic heterocycles. The first-order valence-corrected chi connectivity index (χ1v) is 11.3. The van der Waals surface area contributed by atoms with Crippen molar-refractivity contribution in [3.05, 3.63) is 62.0 Å². The van der Waals surface area contributed by atoms with Gasteiger partial charge < -0.3 is 5.32 Å². The van der Waals surface area contributed by atoms with Crippen LogP contribution < -0.4 is 10.9 Å². The van der Waals surface area contributed by atoms with E-state index in [1.165, 1.54) is 23.1 Å². The molecule has 4 rings (SSSR count). The lowest BCUT2D eigenvalue weighted by atomic mass is 10.2. The minimum Gasteiger partial charge on any atom is -0.351 e. The van der Waals surface area contributed by atoms with E-state index in [2.05, 4.69) is 15.3 Å². The Bertz CT molecular complexity index is 1140. The fraction of sp³-hybridized carbons (Fsp3) is 0.300. The summed E-state index contributed by atoms with van der Waals surface area (Å²) < 4.78 is 1.65. The van der Waals surface area contributed by atoms with E-state index in [0.29, 0.717) is 28.0 Å². The zero-order valence-electron chi connectivity index (χ0n) is 15.9. The Morgan fingerprint density at radius 3 is 2.93 bits per heavy atom. The smallest absolute Gasteiger partial charge is 0.257 e. The molecule has 0 saturated heterocycles. The summed E-state index contributed by atoms with van der Waals surface area (Å²) in [6.07, 6.45) is 1.84. The van der Waals surface area contributed by atoms with Gasteiger partial charge in [-0.15, -0.1) is 11.3 Å². The maximum atomic E-state index is 12.5. The Labute approximate surface area is 181 Å². The highest BCUT2D eigenvalue weighted by atomic mass is 35.5. The molecule has 0 spiro atoms. The number of rotatable bonds is 5. The largest absolute Gasteiger partial charge is 0.351 e. The number of carbonyl (C=O) groups is 1. The molecule has 1 amide bonds. The number of aryl methyl sites for hydroxylation is 2. The molecule has 0 bridgehead atoms. The summed E-state index contributed by atoms with van der Waals surface area (Å²) in [6, 6.07) is 7.41. The van der Waals surface area contributed by atoms with Gasteiger partial charge in [-0.25, -0.2) is 9.97 Å². The second kappa shape index (κ2) is 8.30. The fourth-order valence-corrected chi connectivity index (χ4v) is 5.61. The second-order valence-corrected chi connectivity index (χ2v) is 9.33. The summed E-state index contributed by atoms with van der Waals surface area (Å²) in [5.74, 6) is 0.582. The van der Waals surface area contributed by atoms with Crippen LogP contribution in [-0.4, -0.2) is 26.2 Å². The lowest BCUT2D eigenvalue weighted by molar-refractivity contribution is -0.121. The number of thiazole rings is 1. The van der Waals surface area contributed by atoms with E-state index in [-0.39, 0.29) is 23.9 Å². The average molecular weight is 447 g/mol. The number of halogens is 1. The van der Waals surface area contributed by atoms with Gasteiger partial charge in [0.05, 0.1) is 23.3 Å². The van der Waals surface area contributed by atoms with Crippen LogP contribution in [0.3, 0.4) is 0 Å². The SMILES string of the molecule is Cc1nc(-c2ccccc2Cl)sc1CNC(=O)C[C@@H]1CSc2ncc(C)c(=O)n21. The van der Waals surface area contributed by atoms with Crippen LogP contribution in [0.25, 0.3) is 10.6 Å². The summed E-state index contributed by atoms with van der Waals surface area (Å²) in [5, 5.41) is 5.14. The second-order valence-electron chi connectivity index (χ2n) is 6.85. The lowest BCUT2D eigenvalue weighted by Crippen LogP contribution is -2.31. The molecule has 29 heavy (non-hydrogen) atoms. The van der Waals surface area contributed by atoms with Crippen LogP contribution in [0.2, 0.25) is 5.02 Å². The van der Waals surface area contributed by atoms with E-state index in [1.54, 1.807) is 17.7 Å². The minimum atomic E-state index is -0.170. The van der Waals surface area contributed by atoms with Gasteiger partial charge in [0.1, 0.15) is 5.01 Å². The first-order chi connectivity index (χ1) is 13.9. The fourth-order valence-electron chi connectivity index (χ4n) is 3.18. The van der Waals surface area contributed by atoms with Crippen LogP contribution in [0.4, 0.5) is 0 Å². The van der Waals surface area contributed by atoms with Gasteiger partial charge in [-0.1, -0.05) is 41.6 Å². The molecule has 1 aromatic carbocycles. The zero-order chi connectivity index (χ0) is 20.5. The topological polar surface area (TPSA) is 76.9 Å². The van der Waals surface area contributed by atoms with E-state index >= 15 is 0 Å². The monoisotopic (exact) mass is 446 g/mol. The third-order valence-electron chi connectivity index (χ3n) is 4.76. The van der Waals surface area contributed by atoms with E-state index in [1.807, 2.05) is 31.2 Å². The van der Waals surface area contributed by atoms with Crippen LogP contribution in [0, 0.1) is 13.8 Å². The number of nitrogens with zero attached hydrogens (tertiary/aromatic N) is 3. The van der Waals surface area contributed by atoms with Crippen molar-refractivity contribution in [2.45, 2.75) is 38.0 Å². The van der Waals surface area contributed by atoms with Gasteiger partial charge in [0.2, 0.25) is 5.91 Å². The molecule has 1 aliphatic rings. The van der Waals surface area contributed by atoms with E-state index in [9.17, 15) is 9.59 Å². The summed E-state index contributed by atoms with van der Waals surface area (Å²) in [4.78, 5) is 34.8. The number of benzene rings is 1. The Kier molecular flexibility index (Phi) is 5.76. The van der Waals surface area contributed by atoms with E-state index < -0.39 is 0 Å². The molecule has 0 fully saturated rings.